The molecule has 0 bridgehead atoms. The number of carbonyl (C=O) groups is 1. The molecule has 132 valence electrons. The number of nitrogens with zero attached hydrogens (tertiary/aromatic N) is 1. The van der Waals surface area contributed by atoms with Gasteiger partial charge in [0, 0.05) is 35.0 Å². The predicted octanol–water partition coefficient (Wildman–Crippen LogP) is 3.88. The van der Waals surface area contributed by atoms with Gasteiger partial charge in [0.2, 0.25) is 5.91 Å². The lowest BCUT2D eigenvalue weighted by Gasteiger charge is -2.14. The molecule has 26 heavy (non-hydrogen) atoms. The summed E-state index contributed by atoms with van der Waals surface area (Å²) in [6.07, 6.45) is 1.67. The van der Waals surface area contributed by atoms with E-state index in [1.54, 1.807) is 36.5 Å². The largest absolute Gasteiger partial charge is 0.397 e. The number of nitrogens with one attached hydrogen (secondary N) is 2. The van der Waals surface area contributed by atoms with Crippen LogP contribution < -0.4 is 21.9 Å². The standard InChI is InChI=1S/C19H17BrN4O2/c1-12(25)22-14-9-15(23-18-6-5-13(20)8-17(18)21)11-16(10-14)24-7-3-2-4-19(24)26/h2-11,23H,21H2,1H3,(H,22,25). The highest BCUT2D eigenvalue weighted by Crippen LogP contribution is 2.29. The summed E-state index contributed by atoms with van der Waals surface area (Å²) in [6.45, 7) is 1.43. The van der Waals surface area contributed by atoms with Gasteiger partial charge in [-0.15, -0.1) is 0 Å². The lowest BCUT2D eigenvalue weighted by molar-refractivity contribution is -0.114. The van der Waals surface area contributed by atoms with E-state index < -0.39 is 0 Å². The average molecular weight is 413 g/mol. The molecule has 0 aliphatic carbocycles. The quantitative estimate of drug-likeness (QED) is 0.567. The number of benzene rings is 2. The second-order valence-electron chi connectivity index (χ2n) is 5.72. The van der Waals surface area contributed by atoms with E-state index in [4.69, 9.17) is 5.73 Å². The first-order chi connectivity index (χ1) is 12.4. The maximum atomic E-state index is 12.1. The second-order valence-corrected chi connectivity index (χ2v) is 6.63. The maximum absolute atomic E-state index is 12.1. The first kappa shape index (κ1) is 17.8. The molecule has 0 fully saturated rings. The van der Waals surface area contributed by atoms with Crippen molar-refractivity contribution in [3.8, 4) is 5.69 Å². The Morgan fingerprint density at radius 1 is 1.08 bits per heavy atom. The number of halogens is 1. The van der Waals surface area contributed by atoms with E-state index >= 15 is 0 Å². The lowest BCUT2D eigenvalue weighted by Crippen LogP contribution is -2.16. The minimum atomic E-state index is -0.198. The third-order valence-corrected chi connectivity index (χ3v) is 4.12. The van der Waals surface area contributed by atoms with Crippen LogP contribution in [0.5, 0.6) is 0 Å². The minimum Gasteiger partial charge on any atom is -0.397 e. The van der Waals surface area contributed by atoms with Gasteiger partial charge in [0.05, 0.1) is 17.1 Å². The van der Waals surface area contributed by atoms with Gasteiger partial charge < -0.3 is 16.4 Å². The summed E-state index contributed by atoms with van der Waals surface area (Å²) in [7, 11) is 0. The molecule has 0 saturated carbocycles. The van der Waals surface area contributed by atoms with Gasteiger partial charge in [-0.05, 0) is 42.5 Å². The maximum Gasteiger partial charge on any atom is 0.255 e. The topological polar surface area (TPSA) is 89.2 Å². The summed E-state index contributed by atoms with van der Waals surface area (Å²) in [6, 6.07) is 15.8. The average Bonchev–Trinajstić information content (AvgIpc) is 2.57. The van der Waals surface area contributed by atoms with Crippen LogP contribution in [0.2, 0.25) is 0 Å². The van der Waals surface area contributed by atoms with Crippen LogP contribution in [-0.2, 0) is 4.79 Å². The zero-order chi connectivity index (χ0) is 18.7. The number of amides is 1. The zero-order valence-electron chi connectivity index (χ0n) is 14.0. The molecule has 0 spiro atoms. The number of carbonyl (C=O) groups excluding carboxylic acids is 1. The number of aromatic nitrogens is 1. The van der Waals surface area contributed by atoms with E-state index in [-0.39, 0.29) is 11.5 Å². The normalized spacial score (nSPS) is 10.4. The molecule has 1 aromatic heterocycles. The Hall–Kier alpha value is -3.06. The zero-order valence-corrected chi connectivity index (χ0v) is 15.6. The Labute approximate surface area is 158 Å². The van der Waals surface area contributed by atoms with Crippen LogP contribution in [0.4, 0.5) is 22.7 Å². The third-order valence-electron chi connectivity index (χ3n) is 3.63. The second kappa shape index (κ2) is 7.45. The van der Waals surface area contributed by atoms with E-state index in [1.807, 2.05) is 18.2 Å². The fourth-order valence-corrected chi connectivity index (χ4v) is 2.92. The molecule has 3 aromatic rings. The summed E-state index contributed by atoms with van der Waals surface area (Å²) < 4.78 is 2.38. The van der Waals surface area contributed by atoms with Crippen molar-refractivity contribution in [1.82, 2.24) is 4.57 Å². The van der Waals surface area contributed by atoms with Gasteiger partial charge in [-0.3, -0.25) is 14.2 Å². The van der Waals surface area contributed by atoms with E-state index in [1.165, 1.54) is 17.6 Å². The highest BCUT2D eigenvalue weighted by Gasteiger charge is 2.07. The van der Waals surface area contributed by atoms with Crippen LogP contribution in [0.25, 0.3) is 5.69 Å². The number of nitrogens with two attached hydrogens (primary N) is 1. The molecule has 0 aliphatic rings. The summed E-state index contributed by atoms with van der Waals surface area (Å²) in [5, 5.41) is 5.98. The smallest absolute Gasteiger partial charge is 0.255 e. The van der Waals surface area contributed by atoms with Crippen LogP contribution in [0.1, 0.15) is 6.92 Å². The van der Waals surface area contributed by atoms with Crippen molar-refractivity contribution in [2.75, 3.05) is 16.4 Å². The molecular weight excluding hydrogens is 396 g/mol. The van der Waals surface area contributed by atoms with Gasteiger partial charge in [-0.25, -0.2) is 0 Å². The van der Waals surface area contributed by atoms with Crippen LogP contribution >= 0.6 is 15.9 Å². The number of nitrogen functional groups attached to an aromatic ring is 1. The molecule has 3 rings (SSSR count). The molecule has 0 saturated heterocycles. The molecule has 0 radical (unpaired) electrons. The fraction of sp³-hybridized carbons (Fsp3) is 0.0526. The molecule has 0 atom stereocenters. The molecule has 7 heteroatoms. The summed E-state index contributed by atoms with van der Waals surface area (Å²) >= 11 is 3.38. The Morgan fingerprint density at radius 2 is 1.85 bits per heavy atom. The van der Waals surface area contributed by atoms with E-state index in [2.05, 4.69) is 26.6 Å². The van der Waals surface area contributed by atoms with Crippen LogP contribution in [0.15, 0.2) is 70.1 Å². The molecule has 2 aromatic carbocycles. The summed E-state index contributed by atoms with van der Waals surface area (Å²) in [5.74, 6) is -0.198. The van der Waals surface area contributed by atoms with Crippen LogP contribution in [0.3, 0.4) is 0 Å². The Kier molecular flexibility index (Phi) is 5.09. The van der Waals surface area contributed by atoms with Crippen molar-refractivity contribution in [1.29, 1.82) is 0 Å². The third kappa shape index (κ3) is 4.12. The molecule has 0 aliphatic heterocycles. The van der Waals surface area contributed by atoms with Gasteiger partial charge in [0.25, 0.3) is 5.56 Å². The first-order valence-electron chi connectivity index (χ1n) is 7.85. The Balaban J connectivity index is 2.06. The highest BCUT2D eigenvalue weighted by atomic mass is 79.9. The minimum absolute atomic E-state index is 0.165. The van der Waals surface area contributed by atoms with Crippen LogP contribution in [0, 0.1) is 0 Å². The van der Waals surface area contributed by atoms with Gasteiger partial charge in [0.15, 0.2) is 0 Å². The number of pyridine rings is 1. The summed E-state index contributed by atoms with van der Waals surface area (Å²) in [4.78, 5) is 23.6. The highest BCUT2D eigenvalue weighted by molar-refractivity contribution is 9.10. The molecular formula is C19H17BrN4O2. The van der Waals surface area contributed by atoms with Crippen LogP contribution in [-0.4, -0.2) is 10.5 Å². The summed E-state index contributed by atoms with van der Waals surface area (Å²) in [5.41, 5.74) is 9.06. The Morgan fingerprint density at radius 3 is 2.54 bits per heavy atom. The number of hydrogen-bond donors (Lipinski definition) is 3. The lowest BCUT2D eigenvalue weighted by atomic mass is 10.2. The van der Waals surface area contributed by atoms with E-state index in [0.29, 0.717) is 22.7 Å². The van der Waals surface area contributed by atoms with Crippen molar-refractivity contribution in [2.24, 2.45) is 0 Å². The molecule has 6 nitrogen and oxygen atoms in total. The monoisotopic (exact) mass is 412 g/mol. The van der Waals surface area contributed by atoms with Gasteiger partial charge in [-0.2, -0.15) is 0 Å². The molecule has 4 N–H and O–H groups in total. The van der Waals surface area contributed by atoms with Crippen molar-refractivity contribution < 1.29 is 4.79 Å². The van der Waals surface area contributed by atoms with Crippen molar-refractivity contribution >= 4 is 44.6 Å². The van der Waals surface area contributed by atoms with Gasteiger partial charge in [-0.1, -0.05) is 22.0 Å². The first-order valence-corrected chi connectivity index (χ1v) is 8.64. The van der Waals surface area contributed by atoms with Crippen molar-refractivity contribution in [3.63, 3.8) is 0 Å². The number of hydrogen-bond acceptors (Lipinski definition) is 4. The Bertz CT molecular complexity index is 1030. The van der Waals surface area contributed by atoms with Crippen molar-refractivity contribution in [2.45, 2.75) is 6.92 Å². The van der Waals surface area contributed by atoms with Crippen molar-refractivity contribution in [3.05, 3.63) is 75.6 Å². The molecule has 1 heterocycles. The predicted molar refractivity (Wildman–Crippen MR) is 108 cm³/mol. The SMILES string of the molecule is CC(=O)Nc1cc(Nc2ccc(Br)cc2N)cc(-n2ccccc2=O)c1. The van der Waals surface area contributed by atoms with E-state index in [9.17, 15) is 9.59 Å². The van der Waals surface area contributed by atoms with Gasteiger partial charge in [0.1, 0.15) is 0 Å². The molecule has 1 amide bonds. The van der Waals surface area contributed by atoms with Gasteiger partial charge >= 0.3 is 0 Å². The number of rotatable bonds is 4. The number of anilines is 4. The molecule has 0 unspecified atom stereocenters. The van der Waals surface area contributed by atoms with E-state index in [0.717, 1.165) is 10.2 Å². The fourth-order valence-electron chi connectivity index (χ4n) is 2.54.